The average Bonchev–Trinajstić information content (AvgIpc) is 2.47. The summed E-state index contributed by atoms with van der Waals surface area (Å²) in [6.45, 7) is -4.76. The minimum absolute atomic E-state index is 0. The molecule has 0 radical (unpaired) electrons. The summed E-state index contributed by atoms with van der Waals surface area (Å²) in [6.07, 6.45) is 6.89. The maximum Gasteiger partial charge on any atom is 1.00 e. The molecule has 0 N–H and O–H groups in total. The predicted octanol–water partition coefficient (Wildman–Crippen LogP) is 1.10. The SMILES string of the molecule is COc1ccc(OCCC2CCCCC2)c([B-](F)(F)F)c1.[K+]. The molecule has 1 aliphatic carbocycles. The van der Waals surface area contributed by atoms with Crippen molar-refractivity contribution >= 4 is 12.4 Å². The van der Waals surface area contributed by atoms with Crippen molar-refractivity contribution in [3.8, 4) is 11.5 Å². The Bertz CT molecular complexity index is 463. The Hall–Kier alpha value is 0.311. The third kappa shape index (κ3) is 6.07. The Morgan fingerprint density at radius 1 is 1.14 bits per heavy atom. The molecule has 0 saturated heterocycles. The number of rotatable bonds is 6. The third-order valence-electron chi connectivity index (χ3n) is 4.08. The zero-order valence-corrected chi connectivity index (χ0v) is 16.4. The molecule has 118 valence electrons. The van der Waals surface area contributed by atoms with E-state index in [1.807, 2.05) is 0 Å². The Balaban J connectivity index is 0.00000242. The van der Waals surface area contributed by atoms with Crippen molar-refractivity contribution in [2.45, 2.75) is 38.5 Å². The molecule has 1 aliphatic rings. The van der Waals surface area contributed by atoms with Crippen LogP contribution in [-0.4, -0.2) is 20.7 Å². The zero-order valence-electron chi connectivity index (χ0n) is 13.3. The number of benzene rings is 1. The van der Waals surface area contributed by atoms with Crippen LogP contribution in [0.2, 0.25) is 0 Å². The first-order valence-corrected chi connectivity index (χ1v) is 7.51. The molecule has 0 unspecified atom stereocenters. The second kappa shape index (κ2) is 9.57. The topological polar surface area (TPSA) is 18.5 Å². The number of ether oxygens (including phenoxy) is 2. The molecular weight excluding hydrogens is 319 g/mol. The molecular formula is C15H21BF3KO2. The van der Waals surface area contributed by atoms with Gasteiger partial charge in [-0.15, -0.1) is 0 Å². The third-order valence-corrected chi connectivity index (χ3v) is 4.08. The molecule has 2 nitrogen and oxygen atoms in total. The van der Waals surface area contributed by atoms with Gasteiger partial charge in [-0.05, 0) is 30.5 Å². The van der Waals surface area contributed by atoms with Gasteiger partial charge in [-0.2, -0.15) is 0 Å². The van der Waals surface area contributed by atoms with Gasteiger partial charge in [0.25, 0.3) is 0 Å². The molecule has 1 fully saturated rings. The summed E-state index contributed by atoms with van der Waals surface area (Å²) in [5, 5.41) is 0. The fourth-order valence-corrected chi connectivity index (χ4v) is 2.85. The largest absolute Gasteiger partial charge is 1.00 e. The van der Waals surface area contributed by atoms with Gasteiger partial charge in [-0.3, -0.25) is 0 Å². The van der Waals surface area contributed by atoms with Gasteiger partial charge >= 0.3 is 58.4 Å². The van der Waals surface area contributed by atoms with Crippen LogP contribution in [0.5, 0.6) is 11.5 Å². The number of halogens is 3. The maximum atomic E-state index is 13.1. The van der Waals surface area contributed by atoms with Gasteiger partial charge in [-0.25, -0.2) is 0 Å². The van der Waals surface area contributed by atoms with E-state index >= 15 is 0 Å². The summed E-state index contributed by atoms with van der Waals surface area (Å²) in [5.41, 5.74) is -0.710. The van der Waals surface area contributed by atoms with Crippen molar-refractivity contribution < 1.29 is 73.8 Å². The molecule has 0 aliphatic heterocycles. The van der Waals surface area contributed by atoms with Crippen molar-refractivity contribution in [1.82, 2.24) is 0 Å². The van der Waals surface area contributed by atoms with E-state index in [9.17, 15) is 12.9 Å². The minimum Gasteiger partial charge on any atom is -0.497 e. The summed E-state index contributed by atoms with van der Waals surface area (Å²) >= 11 is 0. The second-order valence-electron chi connectivity index (χ2n) is 5.62. The Labute approximate surface area is 172 Å². The monoisotopic (exact) mass is 340 g/mol. The van der Waals surface area contributed by atoms with E-state index < -0.39 is 12.4 Å². The summed E-state index contributed by atoms with van der Waals surface area (Å²) < 4.78 is 49.5. The van der Waals surface area contributed by atoms with Crippen LogP contribution in [0.3, 0.4) is 0 Å². The van der Waals surface area contributed by atoms with Crippen molar-refractivity contribution in [3.05, 3.63) is 18.2 Å². The van der Waals surface area contributed by atoms with Gasteiger partial charge in [-0.1, -0.05) is 37.6 Å². The molecule has 2 rings (SSSR count). The van der Waals surface area contributed by atoms with E-state index in [4.69, 9.17) is 9.47 Å². The van der Waals surface area contributed by atoms with Crippen molar-refractivity contribution in [1.29, 1.82) is 0 Å². The predicted molar refractivity (Wildman–Crippen MR) is 78.4 cm³/mol. The first-order chi connectivity index (χ1) is 10.0. The Kier molecular flexibility index (Phi) is 8.85. The fraction of sp³-hybridized carbons (Fsp3) is 0.600. The summed E-state index contributed by atoms with van der Waals surface area (Å²) in [5.74, 6) is 0.708. The van der Waals surface area contributed by atoms with Gasteiger partial charge < -0.3 is 22.4 Å². The maximum absolute atomic E-state index is 13.1. The Morgan fingerprint density at radius 3 is 2.41 bits per heavy atom. The van der Waals surface area contributed by atoms with Crippen molar-refractivity contribution in [2.24, 2.45) is 5.92 Å². The van der Waals surface area contributed by atoms with Crippen LogP contribution < -0.4 is 66.3 Å². The first kappa shape index (κ1) is 20.4. The summed E-state index contributed by atoms with van der Waals surface area (Å²) in [7, 11) is 1.35. The van der Waals surface area contributed by atoms with Crippen LogP contribution in [0, 0.1) is 5.92 Å². The van der Waals surface area contributed by atoms with Gasteiger partial charge in [0.05, 0.1) is 19.5 Å². The number of methoxy groups -OCH3 is 1. The van der Waals surface area contributed by atoms with E-state index in [1.165, 1.54) is 51.3 Å². The second-order valence-corrected chi connectivity index (χ2v) is 5.62. The van der Waals surface area contributed by atoms with E-state index in [0.29, 0.717) is 12.5 Å². The summed E-state index contributed by atoms with van der Waals surface area (Å²) in [4.78, 5) is 0. The number of hydrogen-bond donors (Lipinski definition) is 0. The van der Waals surface area contributed by atoms with Crippen molar-refractivity contribution in [3.63, 3.8) is 0 Å². The van der Waals surface area contributed by atoms with Crippen LogP contribution in [0.25, 0.3) is 0 Å². The van der Waals surface area contributed by atoms with Gasteiger partial charge in [0, 0.05) is 0 Å². The molecule has 7 heteroatoms. The average molecular weight is 340 g/mol. The minimum atomic E-state index is -5.10. The molecule has 0 spiro atoms. The molecule has 22 heavy (non-hydrogen) atoms. The van der Waals surface area contributed by atoms with Gasteiger partial charge in [0.2, 0.25) is 0 Å². The van der Waals surface area contributed by atoms with E-state index in [1.54, 1.807) is 0 Å². The molecule has 0 bridgehead atoms. The smallest absolute Gasteiger partial charge is 0.497 e. The van der Waals surface area contributed by atoms with Crippen LogP contribution >= 0.6 is 0 Å². The van der Waals surface area contributed by atoms with Crippen LogP contribution in [0.15, 0.2) is 18.2 Å². The molecule has 0 atom stereocenters. The number of hydrogen-bond acceptors (Lipinski definition) is 2. The van der Waals surface area contributed by atoms with Gasteiger partial charge in [0.1, 0.15) is 5.75 Å². The molecule has 1 aromatic carbocycles. The first-order valence-electron chi connectivity index (χ1n) is 7.51. The standard InChI is InChI=1S/C15H21BF3O2.K/c1-20-13-7-8-15(14(11-13)16(17,18)19)21-10-9-12-5-3-2-4-6-12;/h7-8,11-12H,2-6,9-10H2,1H3;/q-1;+1. The van der Waals surface area contributed by atoms with Crippen LogP contribution in [-0.2, 0) is 0 Å². The van der Waals surface area contributed by atoms with E-state index in [2.05, 4.69) is 0 Å². The van der Waals surface area contributed by atoms with Gasteiger partial charge in [0.15, 0.2) is 0 Å². The Morgan fingerprint density at radius 2 is 1.82 bits per heavy atom. The van der Waals surface area contributed by atoms with E-state index in [0.717, 1.165) is 12.5 Å². The summed E-state index contributed by atoms with van der Waals surface area (Å²) in [6, 6.07) is 3.86. The van der Waals surface area contributed by atoms with Crippen LogP contribution in [0.1, 0.15) is 38.5 Å². The molecule has 1 aromatic rings. The zero-order chi connectivity index (χ0) is 15.3. The van der Waals surface area contributed by atoms with Crippen LogP contribution in [0.4, 0.5) is 12.9 Å². The quantitative estimate of drug-likeness (QED) is 0.723. The molecule has 0 amide bonds. The molecule has 0 aromatic heterocycles. The van der Waals surface area contributed by atoms with Crippen molar-refractivity contribution in [2.75, 3.05) is 13.7 Å². The van der Waals surface area contributed by atoms with E-state index in [-0.39, 0.29) is 62.9 Å². The molecule has 0 heterocycles. The fourth-order valence-electron chi connectivity index (χ4n) is 2.85. The molecule has 1 saturated carbocycles. The normalized spacial score (nSPS) is 16.0.